The maximum Gasteiger partial charge on any atom is 0.300 e. The van der Waals surface area contributed by atoms with Crippen LogP contribution in [0.4, 0.5) is 17.6 Å². The number of hydrogen-bond acceptors (Lipinski definition) is 2. The van der Waals surface area contributed by atoms with Gasteiger partial charge in [-0.25, -0.2) is 0 Å². The maximum atomic E-state index is 15.2. The van der Waals surface area contributed by atoms with Crippen molar-refractivity contribution in [1.29, 1.82) is 0 Å². The van der Waals surface area contributed by atoms with Crippen LogP contribution in [0.3, 0.4) is 0 Å². The van der Waals surface area contributed by atoms with Gasteiger partial charge in [-0.05, 0) is 69.0 Å². The van der Waals surface area contributed by atoms with Crippen molar-refractivity contribution in [3.8, 4) is 20.9 Å². The topological polar surface area (TPSA) is 0 Å². The molecule has 0 spiro atoms. The van der Waals surface area contributed by atoms with E-state index in [1.165, 1.54) is 48.7 Å². The number of rotatable bonds is 0. The van der Waals surface area contributed by atoms with Gasteiger partial charge in [0, 0.05) is 43.1 Å². The van der Waals surface area contributed by atoms with Crippen LogP contribution in [0.1, 0.15) is 33.4 Å². The molecule has 2 aliphatic rings. The minimum absolute atomic E-state index is 0.102. The van der Waals surface area contributed by atoms with E-state index in [0.717, 1.165) is 0 Å². The van der Waals surface area contributed by atoms with Crippen molar-refractivity contribution in [1.82, 2.24) is 0 Å². The van der Waals surface area contributed by atoms with Crippen LogP contribution < -0.4 is 0 Å². The Kier molecular flexibility index (Phi) is 3.36. The normalized spacial score (nSPS) is 17.8. The van der Waals surface area contributed by atoms with Crippen molar-refractivity contribution in [2.45, 2.75) is 25.7 Å². The molecule has 0 aliphatic heterocycles. The minimum Gasteiger partial charge on any atom is -0.196 e. The van der Waals surface area contributed by atoms with Gasteiger partial charge in [-0.3, -0.25) is 0 Å². The minimum atomic E-state index is -3.19. The number of alkyl halides is 4. The summed E-state index contributed by atoms with van der Waals surface area (Å²) >= 11 is 8.83. The molecule has 5 rings (SSSR count). The summed E-state index contributed by atoms with van der Waals surface area (Å²) < 4.78 is 62.0. The van der Waals surface area contributed by atoms with E-state index in [1.807, 2.05) is 0 Å². The summed E-state index contributed by atoms with van der Waals surface area (Å²) in [7, 11) is 0. The zero-order valence-electron chi connectivity index (χ0n) is 13.2. The summed E-state index contributed by atoms with van der Waals surface area (Å²) in [5, 5.41) is 0. The van der Waals surface area contributed by atoms with Crippen molar-refractivity contribution >= 4 is 54.5 Å². The van der Waals surface area contributed by atoms with Crippen LogP contribution >= 0.6 is 54.5 Å². The fourth-order valence-electron chi connectivity index (χ4n) is 4.18. The Bertz CT molecular complexity index is 1050. The third-order valence-electron chi connectivity index (χ3n) is 5.16. The molecule has 1 aromatic carbocycles. The molecule has 2 heterocycles. The van der Waals surface area contributed by atoms with E-state index in [1.54, 1.807) is 0 Å². The van der Waals surface area contributed by atoms with E-state index in [-0.39, 0.29) is 44.5 Å². The zero-order valence-corrected chi connectivity index (χ0v) is 18.0. The molecule has 0 radical (unpaired) electrons. The monoisotopic (exact) mass is 522 g/mol. The number of hydrogen-bond donors (Lipinski definition) is 0. The van der Waals surface area contributed by atoms with Crippen LogP contribution in [0.15, 0.2) is 19.7 Å². The van der Waals surface area contributed by atoms with Gasteiger partial charge in [0.05, 0.1) is 7.57 Å². The molecule has 0 N–H and O–H groups in total. The van der Waals surface area contributed by atoms with Crippen LogP contribution in [0.2, 0.25) is 0 Å². The highest BCUT2D eigenvalue weighted by molar-refractivity contribution is 9.11. The molecular formula is C18H8Br2F4S2. The number of thiophene rings is 2. The first-order valence-corrected chi connectivity index (χ1v) is 10.8. The van der Waals surface area contributed by atoms with Crippen LogP contribution in [-0.4, -0.2) is 0 Å². The Morgan fingerprint density at radius 1 is 0.731 bits per heavy atom. The van der Waals surface area contributed by atoms with Crippen molar-refractivity contribution < 1.29 is 17.6 Å². The molecule has 0 amide bonds. The summed E-state index contributed by atoms with van der Waals surface area (Å²) in [5.41, 5.74) is 0.573. The highest BCUT2D eigenvalue weighted by Crippen LogP contribution is 2.64. The first kappa shape index (κ1) is 17.4. The summed E-state index contributed by atoms with van der Waals surface area (Å²) in [5.74, 6) is -6.38. The van der Waals surface area contributed by atoms with Crippen molar-refractivity contribution in [2.24, 2.45) is 0 Å². The molecule has 0 saturated heterocycles. The molecule has 0 nitrogen and oxygen atoms in total. The summed E-state index contributed by atoms with van der Waals surface area (Å²) in [6.07, 6.45) is 0. The standard InChI is InChI=1S/C18H8Br2F4S2/c1-5-11-14(18(23,24)7-3-9(19)25-15(7)11)6(2)12-13(5)17(21,22)8-4-10(20)26-16(8)12/h3-4H,1-2H3. The molecule has 3 aromatic rings. The van der Waals surface area contributed by atoms with Crippen LogP contribution in [0, 0.1) is 13.8 Å². The SMILES string of the molecule is Cc1c2c(c(C)c3c1C(F)(F)c1cc(Br)sc1-3)C(F)(F)c1cc(Br)sc1-2. The summed E-state index contributed by atoms with van der Waals surface area (Å²) in [6.45, 7) is 3.07. The third-order valence-corrected chi connectivity index (χ3v) is 8.47. The largest absolute Gasteiger partial charge is 0.300 e. The number of halogens is 6. The van der Waals surface area contributed by atoms with Gasteiger partial charge in [0.1, 0.15) is 0 Å². The van der Waals surface area contributed by atoms with Crippen molar-refractivity contribution in [3.05, 3.63) is 53.1 Å². The second-order valence-corrected chi connectivity index (χ2v) is 11.3. The molecule has 0 fully saturated rings. The lowest BCUT2D eigenvalue weighted by molar-refractivity contribution is 0.0443. The molecule has 0 atom stereocenters. The highest BCUT2D eigenvalue weighted by Gasteiger charge is 2.54. The quantitative estimate of drug-likeness (QED) is 0.260. The predicted octanol–water partition coefficient (Wildman–Crippen LogP) is 8.19. The molecule has 2 aromatic heterocycles. The number of benzene rings is 1. The zero-order chi connectivity index (χ0) is 18.8. The van der Waals surface area contributed by atoms with Crippen LogP contribution in [0.25, 0.3) is 20.9 Å². The lowest BCUT2D eigenvalue weighted by Crippen LogP contribution is -2.16. The Balaban J connectivity index is 1.97. The van der Waals surface area contributed by atoms with Crippen molar-refractivity contribution in [2.75, 3.05) is 0 Å². The average molecular weight is 524 g/mol. The van der Waals surface area contributed by atoms with Gasteiger partial charge in [-0.15, -0.1) is 22.7 Å². The first-order valence-electron chi connectivity index (χ1n) is 7.61. The van der Waals surface area contributed by atoms with Crippen LogP contribution in [-0.2, 0) is 11.8 Å². The Labute approximate surface area is 171 Å². The number of fused-ring (bicyclic) bond motifs is 6. The van der Waals surface area contributed by atoms with E-state index < -0.39 is 11.8 Å². The van der Waals surface area contributed by atoms with Gasteiger partial charge in [-0.2, -0.15) is 17.6 Å². The van der Waals surface area contributed by atoms with E-state index in [9.17, 15) is 0 Å². The fraction of sp³-hybridized carbons (Fsp3) is 0.222. The lowest BCUT2D eigenvalue weighted by atomic mass is 9.88. The second-order valence-electron chi connectivity index (χ2n) is 6.49. The molecular weight excluding hydrogens is 516 g/mol. The molecule has 2 aliphatic carbocycles. The van der Waals surface area contributed by atoms with E-state index in [0.29, 0.717) is 17.3 Å². The Hall–Kier alpha value is -0.700. The van der Waals surface area contributed by atoms with E-state index in [4.69, 9.17) is 0 Å². The Morgan fingerprint density at radius 2 is 1.08 bits per heavy atom. The van der Waals surface area contributed by atoms with Crippen LogP contribution in [0.5, 0.6) is 0 Å². The van der Waals surface area contributed by atoms with E-state index >= 15 is 17.6 Å². The second kappa shape index (κ2) is 5.01. The summed E-state index contributed by atoms with van der Waals surface area (Å²) in [4.78, 5) is 0.764. The van der Waals surface area contributed by atoms with Gasteiger partial charge in [0.15, 0.2) is 0 Å². The molecule has 134 valence electrons. The van der Waals surface area contributed by atoms with Gasteiger partial charge in [0.2, 0.25) is 0 Å². The van der Waals surface area contributed by atoms with Gasteiger partial charge >= 0.3 is 11.8 Å². The highest BCUT2D eigenvalue weighted by atomic mass is 79.9. The average Bonchev–Trinajstić information content (AvgIpc) is 3.19. The smallest absolute Gasteiger partial charge is 0.196 e. The molecule has 8 heteroatoms. The molecule has 0 bridgehead atoms. The van der Waals surface area contributed by atoms with Gasteiger partial charge in [-0.1, -0.05) is 0 Å². The fourth-order valence-corrected chi connectivity index (χ4v) is 7.66. The third kappa shape index (κ3) is 1.84. The van der Waals surface area contributed by atoms with Gasteiger partial charge < -0.3 is 0 Å². The maximum absolute atomic E-state index is 15.2. The molecule has 0 saturated carbocycles. The predicted molar refractivity (Wildman–Crippen MR) is 104 cm³/mol. The van der Waals surface area contributed by atoms with E-state index in [2.05, 4.69) is 31.9 Å². The molecule has 0 unspecified atom stereocenters. The Morgan fingerprint density at radius 3 is 1.42 bits per heavy atom. The lowest BCUT2D eigenvalue weighted by Gasteiger charge is -2.22. The van der Waals surface area contributed by atoms with Crippen molar-refractivity contribution in [3.63, 3.8) is 0 Å². The molecule has 26 heavy (non-hydrogen) atoms. The first-order chi connectivity index (χ1) is 12.1. The summed E-state index contributed by atoms with van der Waals surface area (Å²) in [6, 6.07) is 2.80. The van der Waals surface area contributed by atoms with Gasteiger partial charge in [0.25, 0.3) is 0 Å².